The maximum atomic E-state index is 8.88. The van der Waals surface area contributed by atoms with E-state index in [1.54, 1.807) is 0 Å². The van der Waals surface area contributed by atoms with Crippen molar-refractivity contribution in [3.8, 4) is 0 Å². The molecular formula is H3BrLiO7P. The molecule has 0 saturated heterocycles. The summed E-state index contributed by atoms with van der Waals surface area (Å²) in [6, 6.07) is 0. The first-order chi connectivity index (χ1) is 3.73. The van der Waals surface area contributed by atoms with Crippen molar-refractivity contribution >= 4 is 7.82 Å². The minimum atomic E-state index is -4.64. The molecule has 0 aromatic carbocycles. The Morgan fingerprint density at radius 1 is 1.10 bits per heavy atom. The zero-order valence-electron chi connectivity index (χ0n) is 4.80. The van der Waals surface area contributed by atoms with Crippen LogP contribution in [0.15, 0.2) is 0 Å². The smallest absolute Gasteiger partial charge is 0.405 e. The second-order valence-electron chi connectivity index (χ2n) is 0.702. The molecule has 0 saturated carbocycles. The van der Waals surface area contributed by atoms with Gasteiger partial charge in [-0.05, 0) is 0 Å². The van der Waals surface area contributed by atoms with Crippen LogP contribution in [0.2, 0.25) is 0 Å². The minimum Gasteiger partial charge on any atom is -0.405 e. The van der Waals surface area contributed by atoms with Crippen molar-refractivity contribution in [1.29, 1.82) is 0 Å². The molecule has 0 radical (unpaired) electrons. The first-order valence-corrected chi connectivity index (χ1v) is 4.75. The Morgan fingerprint density at radius 3 is 1.10 bits per heavy atom. The number of hydrogen-bond donors (Lipinski definition) is 3. The fourth-order valence-corrected chi connectivity index (χ4v) is 0. The molecule has 0 aliphatic carbocycles. The molecule has 0 atom stereocenters. The van der Waals surface area contributed by atoms with Gasteiger partial charge < -0.3 is 27.3 Å². The van der Waals surface area contributed by atoms with Gasteiger partial charge in [0.2, 0.25) is 14.8 Å². The third kappa shape index (κ3) is 518. The normalized spacial score (nSPS) is 9.50. The maximum absolute atomic E-state index is 8.88. The van der Waals surface area contributed by atoms with Gasteiger partial charge in [0.15, 0.2) is 0 Å². The van der Waals surface area contributed by atoms with E-state index >= 15 is 0 Å². The Balaban J connectivity index is -0.0000000910. The SMILES string of the molecule is O=P(O)(O)O.[Li+].[O-][Br+2]([O-])[O-]. The Bertz CT molecular complexity index is 84.8. The maximum Gasteiger partial charge on any atom is 1.00 e. The molecule has 3 N–H and O–H groups in total. The van der Waals surface area contributed by atoms with Crippen LogP contribution in [0.5, 0.6) is 0 Å². The fraction of sp³-hybridized carbons (Fsp3) is 0. The number of hydrogen-bond acceptors (Lipinski definition) is 4. The molecule has 10 heteroatoms. The van der Waals surface area contributed by atoms with E-state index in [0.717, 1.165) is 0 Å². The van der Waals surface area contributed by atoms with Crippen LogP contribution in [0, 0.1) is 14.8 Å². The van der Waals surface area contributed by atoms with Gasteiger partial charge in [0.1, 0.15) is 0 Å². The van der Waals surface area contributed by atoms with Crippen molar-refractivity contribution in [2.24, 2.45) is 0 Å². The van der Waals surface area contributed by atoms with E-state index in [0.29, 0.717) is 0 Å². The second kappa shape index (κ2) is 8.17. The van der Waals surface area contributed by atoms with E-state index in [4.69, 9.17) is 31.8 Å². The molecule has 0 bridgehead atoms. The molecule has 0 spiro atoms. The van der Waals surface area contributed by atoms with Gasteiger partial charge in [0.25, 0.3) is 0 Å². The molecule has 0 aromatic rings. The molecule has 0 unspecified atom stereocenters. The molecule has 0 heterocycles. The van der Waals surface area contributed by atoms with Crippen LogP contribution >= 0.6 is 7.82 Å². The average Bonchev–Trinajstić information content (AvgIpc) is 1.19. The van der Waals surface area contributed by atoms with Gasteiger partial charge in [-0.3, -0.25) is 0 Å². The Labute approximate surface area is 73.6 Å². The second-order valence-corrected chi connectivity index (χ2v) is 2.52. The average molecular weight is 233 g/mol. The van der Waals surface area contributed by atoms with Gasteiger partial charge in [0, 0.05) is 0 Å². The van der Waals surface area contributed by atoms with Crippen molar-refractivity contribution in [2.45, 2.75) is 0 Å². The van der Waals surface area contributed by atoms with E-state index < -0.39 is 22.6 Å². The summed E-state index contributed by atoms with van der Waals surface area (Å²) in [4.78, 5) is 21.6. The summed E-state index contributed by atoms with van der Waals surface area (Å²) in [5.41, 5.74) is 0. The quantitative estimate of drug-likeness (QED) is 0.278. The van der Waals surface area contributed by atoms with Crippen LogP contribution in [0.3, 0.4) is 0 Å². The van der Waals surface area contributed by atoms with Gasteiger partial charge in [-0.25, -0.2) is 4.57 Å². The molecule has 10 heavy (non-hydrogen) atoms. The summed E-state index contributed by atoms with van der Waals surface area (Å²) >= 11 is -3.65. The molecule has 0 rings (SSSR count). The Morgan fingerprint density at radius 2 is 1.10 bits per heavy atom. The van der Waals surface area contributed by atoms with Gasteiger partial charge in [-0.1, -0.05) is 0 Å². The zero-order valence-corrected chi connectivity index (χ0v) is 7.28. The van der Waals surface area contributed by atoms with E-state index in [1.165, 1.54) is 0 Å². The molecular weight excluding hydrogens is 230 g/mol. The van der Waals surface area contributed by atoms with Crippen molar-refractivity contribution in [1.82, 2.24) is 0 Å². The van der Waals surface area contributed by atoms with Crippen molar-refractivity contribution in [3.63, 3.8) is 0 Å². The molecule has 7 nitrogen and oxygen atoms in total. The molecule has 0 fully saturated rings. The van der Waals surface area contributed by atoms with Crippen LogP contribution in [-0.2, 0) is 4.57 Å². The van der Waals surface area contributed by atoms with E-state index in [2.05, 4.69) is 0 Å². The van der Waals surface area contributed by atoms with Crippen LogP contribution in [0.4, 0.5) is 0 Å². The Kier molecular flexibility index (Phi) is 14.1. The first-order valence-electron chi connectivity index (χ1n) is 1.25. The zero-order chi connectivity index (χ0) is 8.08. The topological polar surface area (TPSA) is 147 Å². The Hall–Kier alpha value is 1.07. The van der Waals surface area contributed by atoms with Crippen LogP contribution in [0.25, 0.3) is 0 Å². The number of halogens is 1. The standard InChI is InChI=1S/BrO3.Li.H3O4P/c2-1(3)4;;1-5(2,3)4/h;;(H3,1,2,3,4)/q-1;+1;. The van der Waals surface area contributed by atoms with E-state index in [-0.39, 0.29) is 18.9 Å². The summed E-state index contributed by atoms with van der Waals surface area (Å²) < 4.78 is 34.4. The number of rotatable bonds is 0. The third-order valence-corrected chi connectivity index (χ3v) is 0. The monoisotopic (exact) mass is 232 g/mol. The summed E-state index contributed by atoms with van der Waals surface area (Å²) in [6.45, 7) is 0. The van der Waals surface area contributed by atoms with Gasteiger partial charge in [-0.2, -0.15) is 0 Å². The van der Waals surface area contributed by atoms with Crippen molar-refractivity contribution in [2.75, 3.05) is 0 Å². The van der Waals surface area contributed by atoms with Crippen LogP contribution in [0.1, 0.15) is 0 Å². The third-order valence-electron chi connectivity index (χ3n) is 0. The summed E-state index contributed by atoms with van der Waals surface area (Å²) in [5, 5.41) is 0. The molecule has 0 aliphatic heterocycles. The molecule has 0 aliphatic rings. The summed E-state index contributed by atoms with van der Waals surface area (Å²) in [5.74, 6) is 0. The van der Waals surface area contributed by atoms with Crippen LogP contribution in [-0.4, -0.2) is 14.7 Å². The van der Waals surface area contributed by atoms with Gasteiger partial charge >= 0.3 is 26.7 Å². The molecule has 0 aromatic heterocycles. The largest absolute Gasteiger partial charge is 1.00 e. The van der Waals surface area contributed by atoms with Gasteiger partial charge in [-0.15, -0.1) is 0 Å². The van der Waals surface area contributed by atoms with Crippen molar-refractivity contribution in [3.05, 3.63) is 0 Å². The minimum absolute atomic E-state index is 0. The van der Waals surface area contributed by atoms with E-state index in [1.807, 2.05) is 0 Å². The fourth-order valence-electron chi connectivity index (χ4n) is 0. The molecule has 58 valence electrons. The summed E-state index contributed by atoms with van der Waals surface area (Å²) in [6.07, 6.45) is 0. The summed E-state index contributed by atoms with van der Waals surface area (Å²) in [7, 11) is -4.64. The van der Waals surface area contributed by atoms with Gasteiger partial charge in [0.05, 0.1) is 0 Å². The predicted octanol–water partition coefficient (Wildman–Crippen LogP) is -7.49. The number of phosphoric acid groups is 1. The molecule has 0 amide bonds. The van der Waals surface area contributed by atoms with Crippen molar-refractivity contribution < 1.29 is 65.5 Å². The van der Waals surface area contributed by atoms with E-state index in [9.17, 15) is 0 Å². The van der Waals surface area contributed by atoms with Crippen LogP contribution < -0.4 is 31.5 Å². The first kappa shape index (κ1) is 17.2. The predicted molar refractivity (Wildman–Crippen MR) is 14.3 cm³/mol.